The molecular weight excluding hydrogens is 356 g/mol. The Morgan fingerprint density at radius 1 is 1.11 bits per heavy atom. The largest absolute Gasteiger partial charge is 0.494 e. The second-order valence-corrected chi connectivity index (χ2v) is 7.65. The Morgan fingerprint density at radius 3 is 2.70 bits per heavy atom. The standard InChI is InChI=1S/C22H22N2O2S/c25-21-20(23-22-24(21)13-5-15-27-22)16-18-9-11-19(12-10-18)26-14-4-8-17-6-2-1-3-7-17/h1-3,6-7,9-12,16H,4-5,8,13-15H2/b20-16-. The van der Waals surface area contributed by atoms with E-state index in [9.17, 15) is 4.79 Å². The van der Waals surface area contributed by atoms with Crippen LogP contribution >= 0.6 is 11.8 Å². The predicted molar refractivity (Wildman–Crippen MR) is 111 cm³/mol. The molecule has 0 N–H and O–H groups in total. The van der Waals surface area contributed by atoms with Gasteiger partial charge in [-0.25, -0.2) is 4.99 Å². The normalized spacial score (nSPS) is 17.8. The lowest BCUT2D eigenvalue weighted by atomic mass is 10.1. The third kappa shape index (κ3) is 4.42. The van der Waals surface area contributed by atoms with Crippen LogP contribution in [0.5, 0.6) is 5.75 Å². The lowest BCUT2D eigenvalue weighted by Crippen LogP contribution is -2.34. The van der Waals surface area contributed by atoms with Gasteiger partial charge in [0.2, 0.25) is 0 Å². The van der Waals surface area contributed by atoms with Crippen LogP contribution in [0.1, 0.15) is 24.0 Å². The second-order valence-electron chi connectivity index (χ2n) is 6.59. The van der Waals surface area contributed by atoms with Gasteiger partial charge in [-0.05, 0) is 48.6 Å². The molecule has 1 saturated heterocycles. The van der Waals surface area contributed by atoms with Crippen molar-refractivity contribution < 1.29 is 9.53 Å². The van der Waals surface area contributed by atoms with E-state index in [0.29, 0.717) is 12.3 Å². The van der Waals surface area contributed by atoms with Gasteiger partial charge in [0.05, 0.1) is 6.61 Å². The van der Waals surface area contributed by atoms with E-state index in [2.05, 4.69) is 29.3 Å². The molecule has 2 aromatic rings. The SMILES string of the molecule is O=C1/C(=C/c2ccc(OCCCc3ccccc3)cc2)N=C2SCCCN12. The Kier molecular flexibility index (Phi) is 5.58. The number of hydrogen-bond acceptors (Lipinski definition) is 4. The summed E-state index contributed by atoms with van der Waals surface area (Å²) in [5.41, 5.74) is 2.82. The highest BCUT2D eigenvalue weighted by atomic mass is 32.2. The van der Waals surface area contributed by atoms with Gasteiger partial charge in [0, 0.05) is 12.3 Å². The van der Waals surface area contributed by atoms with Crippen molar-refractivity contribution in [1.29, 1.82) is 0 Å². The summed E-state index contributed by atoms with van der Waals surface area (Å²) in [6, 6.07) is 18.3. The van der Waals surface area contributed by atoms with Gasteiger partial charge in [0.1, 0.15) is 11.4 Å². The molecule has 4 nitrogen and oxygen atoms in total. The lowest BCUT2D eigenvalue weighted by Gasteiger charge is -2.21. The Labute approximate surface area is 163 Å². The van der Waals surface area contributed by atoms with Crippen LogP contribution in [-0.4, -0.2) is 34.9 Å². The van der Waals surface area contributed by atoms with Gasteiger partial charge in [0.15, 0.2) is 5.17 Å². The van der Waals surface area contributed by atoms with Crippen molar-refractivity contribution in [2.24, 2.45) is 4.99 Å². The van der Waals surface area contributed by atoms with Crippen molar-refractivity contribution >= 4 is 28.9 Å². The minimum absolute atomic E-state index is 0.0124. The number of rotatable bonds is 6. The van der Waals surface area contributed by atoms with Crippen LogP contribution in [-0.2, 0) is 11.2 Å². The first-order valence-electron chi connectivity index (χ1n) is 9.31. The maximum absolute atomic E-state index is 12.4. The van der Waals surface area contributed by atoms with E-state index < -0.39 is 0 Å². The van der Waals surface area contributed by atoms with Crippen molar-refractivity contribution in [2.75, 3.05) is 18.9 Å². The maximum Gasteiger partial charge on any atom is 0.278 e. The molecule has 0 spiro atoms. The molecule has 2 aliphatic heterocycles. The molecule has 0 bridgehead atoms. The Hall–Kier alpha value is -2.53. The van der Waals surface area contributed by atoms with Crippen molar-refractivity contribution in [1.82, 2.24) is 4.90 Å². The number of aryl methyl sites for hydroxylation is 1. The Morgan fingerprint density at radius 2 is 1.93 bits per heavy atom. The van der Waals surface area contributed by atoms with Crippen molar-refractivity contribution in [3.8, 4) is 5.75 Å². The van der Waals surface area contributed by atoms with E-state index in [0.717, 1.165) is 48.0 Å². The highest BCUT2D eigenvalue weighted by Crippen LogP contribution is 2.28. The number of aliphatic imine (C=N–C) groups is 1. The summed E-state index contributed by atoms with van der Waals surface area (Å²) in [5.74, 6) is 1.90. The molecule has 0 aromatic heterocycles. The number of carbonyl (C=O) groups is 1. The van der Waals surface area contributed by atoms with Crippen LogP contribution in [0.15, 0.2) is 65.3 Å². The number of thioether (sulfide) groups is 1. The molecule has 0 unspecified atom stereocenters. The van der Waals surface area contributed by atoms with Gasteiger partial charge < -0.3 is 4.74 Å². The molecule has 5 heteroatoms. The Bertz CT molecular complexity index is 860. The topological polar surface area (TPSA) is 41.9 Å². The summed E-state index contributed by atoms with van der Waals surface area (Å²) in [5, 5.41) is 0.843. The fraction of sp³-hybridized carbons (Fsp3) is 0.273. The van der Waals surface area contributed by atoms with E-state index >= 15 is 0 Å². The van der Waals surface area contributed by atoms with Gasteiger partial charge in [-0.1, -0.05) is 54.2 Å². The van der Waals surface area contributed by atoms with Gasteiger partial charge in [-0.3, -0.25) is 9.69 Å². The molecule has 0 saturated carbocycles. The van der Waals surface area contributed by atoms with Crippen LogP contribution < -0.4 is 4.74 Å². The van der Waals surface area contributed by atoms with Gasteiger partial charge in [-0.15, -0.1) is 0 Å². The third-order valence-corrected chi connectivity index (χ3v) is 5.64. The molecule has 0 atom stereocenters. The van der Waals surface area contributed by atoms with E-state index in [1.807, 2.05) is 36.4 Å². The number of amides is 1. The summed E-state index contributed by atoms with van der Waals surface area (Å²) in [7, 11) is 0. The van der Waals surface area contributed by atoms with Crippen LogP contribution in [0.25, 0.3) is 6.08 Å². The van der Waals surface area contributed by atoms with E-state index in [1.165, 1.54) is 5.56 Å². The van der Waals surface area contributed by atoms with E-state index in [-0.39, 0.29) is 5.91 Å². The molecule has 1 amide bonds. The van der Waals surface area contributed by atoms with Gasteiger partial charge >= 0.3 is 0 Å². The quantitative estimate of drug-likeness (QED) is 0.553. The molecule has 138 valence electrons. The van der Waals surface area contributed by atoms with E-state index in [1.54, 1.807) is 16.7 Å². The third-order valence-electron chi connectivity index (χ3n) is 4.57. The molecule has 2 aliphatic rings. The second kappa shape index (κ2) is 8.44. The minimum atomic E-state index is 0.0124. The number of nitrogens with zero attached hydrogens (tertiary/aromatic N) is 2. The van der Waals surface area contributed by atoms with Crippen LogP contribution in [0.4, 0.5) is 0 Å². The molecule has 27 heavy (non-hydrogen) atoms. The van der Waals surface area contributed by atoms with Crippen molar-refractivity contribution in [3.05, 3.63) is 71.4 Å². The fourth-order valence-corrected chi connectivity index (χ4v) is 4.10. The maximum atomic E-state index is 12.4. The molecule has 4 rings (SSSR count). The molecule has 0 radical (unpaired) electrons. The Balaban J connectivity index is 1.31. The number of fused-ring (bicyclic) bond motifs is 1. The predicted octanol–water partition coefficient (Wildman–Crippen LogP) is 4.37. The average molecular weight is 378 g/mol. The average Bonchev–Trinajstić information content (AvgIpc) is 3.03. The molecule has 2 aromatic carbocycles. The molecule has 0 aliphatic carbocycles. The first kappa shape index (κ1) is 17.9. The number of carbonyl (C=O) groups excluding carboxylic acids is 1. The minimum Gasteiger partial charge on any atom is -0.494 e. The van der Waals surface area contributed by atoms with Gasteiger partial charge in [0.25, 0.3) is 5.91 Å². The summed E-state index contributed by atoms with van der Waals surface area (Å²) < 4.78 is 5.82. The number of benzene rings is 2. The zero-order chi connectivity index (χ0) is 18.5. The van der Waals surface area contributed by atoms with Crippen molar-refractivity contribution in [3.63, 3.8) is 0 Å². The highest BCUT2D eigenvalue weighted by Gasteiger charge is 2.32. The number of hydrogen-bond donors (Lipinski definition) is 0. The summed E-state index contributed by atoms with van der Waals surface area (Å²) in [6.07, 6.45) is 4.88. The monoisotopic (exact) mass is 378 g/mol. The lowest BCUT2D eigenvalue weighted by molar-refractivity contribution is -0.122. The summed E-state index contributed by atoms with van der Waals surface area (Å²) in [6.45, 7) is 1.46. The molecule has 2 heterocycles. The smallest absolute Gasteiger partial charge is 0.278 e. The van der Waals surface area contributed by atoms with Crippen LogP contribution in [0, 0.1) is 0 Å². The zero-order valence-electron chi connectivity index (χ0n) is 15.1. The van der Waals surface area contributed by atoms with Gasteiger partial charge in [-0.2, -0.15) is 0 Å². The van der Waals surface area contributed by atoms with E-state index in [4.69, 9.17) is 4.74 Å². The van der Waals surface area contributed by atoms with Crippen LogP contribution in [0.3, 0.4) is 0 Å². The van der Waals surface area contributed by atoms with Crippen molar-refractivity contribution in [2.45, 2.75) is 19.3 Å². The fourth-order valence-electron chi connectivity index (χ4n) is 3.15. The summed E-state index contributed by atoms with van der Waals surface area (Å²) in [4.78, 5) is 18.7. The first-order valence-corrected chi connectivity index (χ1v) is 10.3. The first-order chi connectivity index (χ1) is 13.3. The molecule has 1 fully saturated rings. The molecular formula is C22H22N2O2S. The number of ether oxygens (including phenoxy) is 1. The van der Waals surface area contributed by atoms with Crippen LogP contribution in [0.2, 0.25) is 0 Å². The number of amidine groups is 1. The summed E-state index contributed by atoms with van der Waals surface area (Å²) >= 11 is 1.66. The highest BCUT2D eigenvalue weighted by molar-refractivity contribution is 8.13. The zero-order valence-corrected chi connectivity index (χ0v) is 16.0.